The van der Waals surface area contributed by atoms with Crippen molar-refractivity contribution in [2.45, 2.75) is 33.1 Å². The predicted octanol–water partition coefficient (Wildman–Crippen LogP) is 2.87. The number of nitrogens with one attached hydrogen (secondary N) is 1. The van der Waals surface area contributed by atoms with Gasteiger partial charge in [-0.15, -0.1) is 0 Å². The Labute approximate surface area is 122 Å². The van der Waals surface area contributed by atoms with Gasteiger partial charge in [-0.05, 0) is 30.0 Å². The van der Waals surface area contributed by atoms with Crippen molar-refractivity contribution in [1.29, 1.82) is 0 Å². The van der Waals surface area contributed by atoms with Gasteiger partial charge in [0.25, 0.3) is 5.56 Å². The van der Waals surface area contributed by atoms with Gasteiger partial charge in [0.05, 0.1) is 11.3 Å². The molecule has 0 amide bonds. The number of hydrogen-bond donors (Lipinski definition) is 1. The standard InChI is InChI=1S/C15H17ClN2O2/c1-4-10-6-5-7-11(8-10)18-14(19)12(9(2)3)13(16)17-15(18)20/h5-9H,4H2,1-3H3,(H,17,20). The fourth-order valence-electron chi connectivity index (χ4n) is 2.17. The lowest BCUT2D eigenvalue weighted by Crippen LogP contribution is -2.36. The van der Waals surface area contributed by atoms with Gasteiger partial charge in [0.1, 0.15) is 5.15 Å². The van der Waals surface area contributed by atoms with Crippen LogP contribution in [0.4, 0.5) is 0 Å². The lowest BCUT2D eigenvalue weighted by Gasteiger charge is -2.11. The highest BCUT2D eigenvalue weighted by Crippen LogP contribution is 2.17. The molecular formula is C15H17ClN2O2. The van der Waals surface area contributed by atoms with Crippen molar-refractivity contribution in [2.75, 3.05) is 0 Å². The van der Waals surface area contributed by atoms with Crippen LogP contribution in [-0.4, -0.2) is 9.55 Å². The zero-order valence-electron chi connectivity index (χ0n) is 11.7. The van der Waals surface area contributed by atoms with Crippen LogP contribution in [0.5, 0.6) is 0 Å². The summed E-state index contributed by atoms with van der Waals surface area (Å²) < 4.78 is 1.14. The van der Waals surface area contributed by atoms with Crippen molar-refractivity contribution in [2.24, 2.45) is 0 Å². The van der Waals surface area contributed by atoms with Crippen molar-refractivity contribution < 1.29 is 0 Å². The van der Waals surface area contributed by atoms with Gasteiger partial charge in [-0.3, -0.25) is 9.78 Å². The van der Waals surface area contributed by atoms with Gasteiger partial charge >= 0.3 is 5.69 Å². The number of aromatic nitrogens is 2. The molecule has 20 heavy (non-hydrogen) atoms. The van der Waals surface area contributed by atoms with Crippen molar-refractivity contribution >= 4 is 11.6 Å². The summed E-state index contributed by atoms with van der Waals surface area (Å²) in [6, 6.07) is 7.38. The molecule has 0 aliphatic heterocycles. The highest BCUT2D eigenvalue weighted by Gasteiger charge is 2.16. The monoisotopic (exact) mass is 292 g/mol. The van der Waals surface area contributed by atoms with Crippen LogP contribution in [0.3, 0.4) is 0 Å². The van der Waals surface area contributed by atoms with E-state index in [9.17, 15) is 9.59 Å². The molecule has 0 radical (unpaired) electrons. The van der Waals surface area contributed by atoms with Crippen LogP contribution in [-0.2, 0) is 6.42 Å². The molecule has 0 saturated carbocycles. The van der Waals surface area contributed by atoms with E-state index in [1.165, 1.54) is 0 Å². The highest BCUT2D eigenvalue weighted by atomic mass is 35.5. The molecule has 0 fully saturated rings. The zero-order chi connectivity index (χ0) is 14.9. The van der Waals surface area contributed by atoms with E-state index in [1.807, 2.05) is 39.0 Å². The number of benzene rings is 1. The smallest absolute Gasteiger partial charge is 0.297 e. The number of rotatable bonds is 3. The third kappa shape index (κ3) is 2.56. The second kappa shape index (κ2) is 5.67. The first kappa shape index (κ1) is 14.6. The van der Waals surface area contributed by atoms with Gasteiger partial charge < -0.3 is 0 Å². The highest BCUT2D eigenvalue weighted by molar-refractivity contribution is 6.30. The fraction of sp³-hybridized carbons (Fsp3) is 0.333. The summed E-state index contributed by atoms with van der Waals surface area (Å²) in [7, 11) is 0. The summed E-state index contributed by atoms with van der Waals surface area (Å²) in [5.41, 5.74) is 1.18. The topological polar surface area (TPSA) is 54.9 Å². The van der Waals surface area contributed by atoms with Crippen molar-refractivity contribution in [3.8, 4) is 5.69 Å². The Hall–Kier alpha value is -1.81. The van der Waals surface area contributed by atoms with Gasteiger partial charge in [0.2, 0.25) is 0 Å². The molecule has 1 heterocycles. The Bertz CT molecular complexity index is 744. The van der Waals surface area contributed by atoms with E-state index in [2.05, 4.69) is 4.98 Å². The average Bonchev–Trinajstić information content (AvgIpc) is 2.37. The van der Waals surface area contributed by atoms with Crippen LogP contribution < -0.4 is 11.2 Å². The molecule has 4 nitrogen and oxygen atoms in total. The van der Waals surface area contributed by atoms with E-state index in [0.29, 0.717) is 11.3 Å². The van der Waals surface area contributed by atoms with E-state index < -0.39 is 5.69 Å². The van der Waals surface area contributed by atoms with Crippen LogP contribution in [0.15, 0.2) is 33.9 Å². The maximum atomic E-state index is 12.5. The maximum Gasteiger partial charge on any atom is 0.334 e. The molecule has 1 aromatic carbocycles. The number of H-pyrrole nitrogens is 1. The Balaban J connectivity index is 2.77. The first-order valence-electron chi connectivity index (χ1n) is 6.59. The molecule has 0 aliphatic carbocycles. The lowest BCUT2D eigenvalue weighted by molar-refractivity contribution is 0.777. The summed E-state index contributed by atoms with van der Waals surface area (Å²) in [6.45, 7) is 5.76. The van der Waals surface area contributed by atoms with E-state index in [1.54, 1.807) is 6.07 Å². The summed E-state index contributed by atoms with van der Waals surface area (Å²) in [6.07, 6.45) is 0.838. The maximum absolute atomic E-state index is 12.5. The molecular weight excluding hydrogens is 276 g/mol. The minimum atomic E-state index is -0.516. The molecule has 0 saturated heterocycles. The van der Waals surface area contributed by atoms with E-state index >= 15 is 0 Å². The lowest BCUT2D eigenvalue weighted by atomic mass is 10.1. The van der Waals surface area contributed by atoms with Crippen LogP contribution >= 0.6 is 11.6 Å². The van der Waals surface area contributed by atoms with Gasteiger partial charge in [-0.25, -0.2) is 9.36 Å². The average molecular weight is 293 g/mol. The van der Waals surface area contributed by atoms with E-state index in [0.717, 1.165) is 16.6 Å². The molecule has 106 valence electrons. The van der Waals surface area contributed by atoms with Crippen LogP contribution in [0, 0.1) is 0 Å². The van der Waals surface area contributed by atoms with Crippen molar-refractivity contribution in [3.63, 3.8) is 0 Å². The van der Waals surface area contributed by atoms with E-state index in [-0.39, 0.29) is 16.6 Å². The van der Waals surface area contributed by atoms with Crippen LogP contribution in [0.1, 0.15) is 37.8 Å². The van der Waals surface area contributed by atoms with Gasteiger partial charge in [-0.1, -0.05) is 44.5 Å². The third-order valence-electron chi connectivity index (χ3n) is 3.24. The fourth-order valence-corrected chi connectivity index (χ4v) is 2.55. The minimum absolute atomic E-state index is 0.0625. The van der Waals surface area contributed by atoms with Gasteiger partial charge in [0, 0.05) is 0 Å². The quantitative estimate of drug-likeness (QED) is 0.885. The molecule has 1 N–H and O–H groups in total. The SMILES string of the molecule is CCc1cccc(-n2c(=O)[nH]c(Cl)c(C(C)C)c2=O)c1. The van der Waals surface area contributed by atoms with E-state index in [4.69, 9.17) is 11.6 Å². The Morgan fingerprint density at radius 1 is 1.30 bits per heavy atom. The second-order valence-electron chi connectivity index (χ2n) is 4.98. The summed E-state index contributed by atoms with van der Waals surface area (Å²) in [4.78, 5) is 27.1. The van der Waals surface area contributed by atoms with Gasteiger partial charge in [-0.2, -0.15) is 0 Å². The van der Waals surface area contributed by atoms with Crippen LogP contribution in [0.2, 0.25) is 5.15 Å². The van der Waals surface area contributed by atoms with Crippen molar-refractivity contribution in [3.05, 3.63) is 61.4 Å². The third-order valence-corrected chi connectivity index (χ3v) is 3.54. The second-order valence-corrected chi connectivity index (χ2v) is 5.35. The minimum Gasteiger partial charge on any atom is -0.297 e. The Morgan fingerprint density at radius 3 is 2.60 bits per heavy atom. The molecule has 2 rings (SSSR count). The summed E-state index contributed by atoms with van der Waals surface area (Å²) in [5, 5.41) is 0.123. The zero-order valence-corrected chi connectivity index (χ0v) is 12.5. The molecule has 2 aromatic rings. The number of aryl methyl sites for hydroxylation is 1. The molecule has 0 spiro atoms. The molecule has 5 heteroatoms. The summed E-state index contributed by atoms with van der Waals surface area (Å²) in [5.74, 6) is -0.0625. The Kier molecular flexibility index (Phi) is 4.14. The van der Waals surface area contributed by atoms with Crippen molar-refractivity contribution in [1.82, 2.24) is 9.55 Å². The number of hydrogen-bond acceptors (Lipinski definition) is 2. The molecule has 0 atom stereocenters. The normalized spacial score (nSPS) is 11.1. The molecule has 1 aromatic heterocycles. The Morgan fingerprint density at radius 2 is 2.00 bits per heavy atom. The molecule has 0 bridgehead atoms. The predicted molar refractivity (Wildman–Crippen MR) is 81.1 cm³/mol. The van der Waals surface area contributed by atoms with Crippen LogP contribution in [0.25, 0.3) is 5.69 Å². The first-order chi connectivity index (χ1) is 9.45. The van der Waals surface area contributed by atoms with Gasteiger partial charge in [0.15, 0.2) is 0 Å². The number of halogens is 1. The molecule has 0 unspecified atom stereocenters. The largest absolute Gasteiger partial charge is 0.334 e. The number of aromatic amines is 1. The summed E-state index contributed by atoms with van der Waals surface area (Å²) >= 11 is 5.98. The number of nitrogens with zero attached hydrogens (tertiary/aromatic N) is 1. The first-order valence-corrected chi connectivity index (χ1v) is 6.97. The molecule has 0 aliphatic rings.